The van der Waals surface area contributed by atoms with Crippen LogP contribution in [0.4, 0.5) is 28.6 Å². The summed E-state index contributed by atoms with van der Waals surface area (Å²) in [5.74, 6) is 0.572. The maximum absolute atomic E-state index is 5.42. The molecule has 6 aromatic heterocycles. The first-order chi connectivity index (χ1) is 22.7. The van der Waals surface area contributed by atoms with Crippen LogP contribution < -0.4 is 33.2 Å². The van der Waals surface area contributed by atoms with E-state index in [2.05, 4.69) is 35.2 Å². The summed E-state index contributed by atoms with van der Waals surface area (Å²) in [6.45, 7) is 2.51. The van der Waals surface area contributed by atoms with Gasteiger partial charge in [0.1, 0.15) is 5.82 Å². The van der Waals surface area contributed by atoms with Crippen LogP contribution in [-0.2, 0) is 6.54 Å². The minimum absolute atomic E-state index is 0.572. The van der Waals surface area contributed by atoms with Gasteiger partial charge >= 0.3 is 0 Å². The van der Waals surface area contributed by atoms with E-state index in [0.29, 0.717) is 18.1 Å². The number of aryl methyl sites for hydroxylation is 1. The van der Waals surface area contributed by atoms with Crippen LogP contribution in [-0.4, -0.2) is 51.0 Å². The van der Waals surface area contributed by atoms with E-state index in [-0.39, 0.29) is 0 Å². The fourth-order valence-corrected chi connectivity index (χ4v) is 3.00. The molecule has 0 fully saturated rings. The van der Waals surface area contributed by atoms with Crippen molar-refractivity contribution in [1.82, 2.24) is 29.9 Å². The Bertz CT molecular complexity index is 1450. The monoisotopic (exact) mass is 634 g/mol. The molecule has 6 heterocycles. The lowest BCUT2D eigenvalue weighted by Crippen LogP contribution is -2.07. The molecular weight excluding hydrogens is 588 g/mol. The molecule has 246 valence electrons. The van der Waals surface area contributed by atoms with Gasteiger partial charge in [0.25, 0.3) is 0 Å². The molecule has 0 spiro atoms. The van der Waals surface area contributed by atoms with Gasteiger partial charge in [-0.3, -0.25) is 24.9 Å². The quantitative estimate of drug-likeness (QED) is 0.173. The largest absolute Gasteiger partial charge is 0.399 e. The molecule has 0 saturated heterocycles. The van der Waals surface area contributed by atoms with Crippen LogP contribution in [0.25, 0.3) is 0 Å². The minimum atomic E-state index is 0.572. The molecule has 6 aromatic rings. The third kappa shape index (κ3) is 21.2. The lowest BCUT2D eigenvalue weighted by molar-refractivity contribution is 1.06. The zero-order chi connectivity index (χ0) is 34.5. The van der Waals surface area contributed by atoms with E-state index >= 15 is 0 Å². The van der Waals surface area contributed by atoms with Crippen molar-refractivity contribution < 1.29 is 0 Å². The predicted octanol–water partition coefficient (Wildman–Crippen LogP) is 5.11. The summed E-state index contributed by atoms with van der Waals surface area (Å²) in [6, 6.07) is 24.2. The van der Waals surface area contributed by atoms with Crippen molar-refractivity contribution >= 4 is 28.6 Å². The van der Waals surface area contributed by atoms with Gasteiger partial charge in [0.15, 0.2) is 0 Å². The second kappa shape index (κ2) is 25.2. The first-order valence-corrected chi connectivity index (χ1v) is 14.5. The number of nitrogens with zero attached hydrogens (tertiary/aromatic N) is 7. The minimum Gasteiger partial charge on any atom is -0.399 e. The van der Waals surface area contributed by atoms with Crippen molar-refractivity contribution in [1.29, 1.82) is 0 Å². The third-order valence-electron chi connectivity index (χ3n) is 5.43. The summed E-state index contributed by atoms with van der Waals surface area (Å²) in [5, 5.41) is 2.99. The average molecular weight is 635 g/mol. The Balaban J connectivity index is 0.000000283. The van der Waals surface area contributed by atoms with Crippen LogP contribution in [0.1, 0.15) is 11.3 Å². The highest BCUT2D eigenvalue weighted by molar-refractivity contribution is 5.42. The molecule has 0 amide bonds. The standard InChI is InChI=1S/C7H10N2.3C6H8N2.2C5H6N2/c1-9(2)7-3-5-8-6-4-7;1-7-6-2-4-8-5-3-6;1-5-4-6(7)2-3-8-5;7-5-6-1-3-8-4-2-6;6-5-2-1-3-7-4-5;6-5-3-1-2-4-7-5/h3-6H,1-2H3;2-5H,1H3,(H,7,8);2-4H,1H3,(H2,7,8);1-4H,5,7H2;1-4H,6H2;1-4H,(H2,6,7). The second-order valence-corrected chi connectivity index (χ2v) is 9.42. The third-order valence-corrected chi connectivity index (χ3v) is 5.43. The number of nitrogens with one attached hydrogen (secondary N) is 1. The van der Waals surface area contributed by atoms with E-state index < -0.39 is 0 Å². The molecule has 12 nitrogen and oxygen atoms in total. The van der Waals surface area contributed by atoms with Gasteiger partial charge in [-0.2, -0.15) is 0 Å². The molecule has 0 aromatic carbocycles. The average Bonchev–Trinajstić information content (AvgIpc) is 3.11. The second-order valence-electron chi connectivity index (χ2n) is 9.42. The highest BCUT2D eigenvalue weighted by Gasteiger charge is 1.88. The SMILES string of the molecule is CN(C)c1ccncc1.CNc1ccncc1.Cc1cc(N)ccn1.NCc1ccncc1.Nc1ccccn1.Nc1cccnc1. The fraction of sp³-hybridized carbons (Fsp3) is 0.143. The summed E-state index contributed by atoms with van der Waals surface area (Å²) >= 11 is 0. The van der Waals surface area contributed by atoms with Gasteiger partial charge in [-0.25, -0.2) is 4.98 Å². The maximum atomic E-state index is 5.42. The molecule has 9 N–H and O–H groups in total. The number of hydrogen-bond donors (Lipinski definition) is 5. The zero-order valence-electron chi connectivity index (χ0n) is 27.4. The highest BCUT2D eigenvalue weighted by Crippen LogP contribution is 2.05. The number of pyridine rings is 6. The van der Waals surface area contributed by atoms with E-state index in [9.17, 15) is 0 Å². The van der Waals surface area contributed by atoms with Gasteiger partial charge in [0, 0.05) is 112 Å². The predicted molar refractivity (Wildman–Crippen MR) is 195 cm³/mol. The molecule has 0 radical (unpaired) electrons. The van der Waals surface area contributed by atoms with E-state index in [0.717, 1.165) is 22.6 Å². The summed E-state index contributed by atoms with van der Waals surface area (Å²) < 4.78 is 0. The van der Waals surface area contributed by atoms with E-state index in [4.69, 9.17) is 22.9 Å². The van der Waals surface area contributed by atoms with Crippen LogP contribution in [0.3, 0.4) is 0 Å². The summed E-state index contributed by atoms with van der Waals surface area (Å²) in [7, 11) is 5.90. The number of hydrogen-bond acceptors (Lipinski definition) is 12. The molecule has 6 rings (SSSR count). The normalized spacial score (nSPS) is 8.87. The fourth-order valence-electron chi connectivity index (χ4n) is 3.00. The molecule has 0 aliphatic heterocycles. The number of anilines is 5. The zero-order valence-corrected chi connectivity index (χ0v) is 27.4. The van der Waals surface area contributed by atoms with Gasteiger partial charge < -0.3 is 33.2 Å². The Morgan fingerprint density at radius 3 is 1.53 bits per heavy atom. The van der Waals surface area contributed by atoms with Crippen molar-refractivity contribution in [2.75, 3.05) is 48.6 Å². The van der Waals surface area contributed by atoms with E-state index in [1.807, 2.05) is 87.6 Å². The Hall–Kier alpha value is -6.14. The Morgan fingerprint density at radius 2 is 1.23 bits per heavy atom. The topological polar surface area (TPSA) is 197 Å². The molecule has 0 bridgehead atoms. The van der Waals surface area contributed by atoms with Gasteiger partial charge in [0.2, 0.25) is 0 Å². The number of nitrogen functional groups attached to an aromatic ring is 3. The lowest BCUT2D eigenvalue weighted by Gasteiger charge is -2.10. The van der Waals surface area contributed by atoms with Crippen molar-refractivity contribution in [2.45, 2.75) is 13.5 Å². The molecule has 0 aliphatic rings. The first-order valence-electron chi connectivity index (χ1n) is 14.5. The van der Waals surface area contributed by atoms with Gasteiger partial charge in [-0.15, -0.1) is 0 Å². The number of aromatic nitrogens is 6. The molecular formula is C35H46N12. The summed E-state index contributed by atoms with van der Waals surface area (Å²) in [6.07, 6.45) is 17.2. The number of rotatable bonds is 3. The van der Waals surface area contributed by atoms with Crippen LogP contribution >= 0.6 is 0 Å². The van der Waals surface area contributed by atoms with Crippen molar-refractivity contribution in [3.63, 3.8) is 0 Å². The molecule has 12 heteroatoms. The Labute approximate surface area is 278 Å². The van der Waals surface area contributed by atoms with Crippen LogP contribution in [0.5, 0.6) is 0 Å². The maximum Gasteiger partial charge on any atom is 0.123 e. The molecule has 0 atom stereocenters. The van der Waals surface area contributed by atoms with Crippen LogP contribution in [0, 0.1) is 6.92 Å². The molecule has 0 aliphatic carbocycles. The Kier molecular flexibility index (Phi) is 20.9. The molecule has 47 heavy (non-hydrogen) atoms. The van der Waals surface area contributed by atoms with Crippen molar-refractivity contribution in [2.24, 2.45) is 5.73 Å². The van der Waals surface area contributed by atoms with Crippen LogP contribution in [0.2, 0.25) is 0 Å². The lowest BCUT2D eigenvalue weighted by atomic mass is 10.3. The Morgan fingerprint density at radius 1 is 0.617 bits per heavy atom. The van der Waals surface area contributed by atoms with Crippen molar-refractivity contribution in [3.8, 4) is 0 Å². The molecule has 0 saturated carbocycles. The summed E-state index contributed by atoms with van der Waals surface area (Å²) in [5.41, 5.74) is 27.1. The smallest absolute Gasteiger partial charge is 0.123 e. The summed E-state index contributed by atoms with van der Waals surface area (Å²) in [4.78, 5) is 25.1. The van der Waals surface area contributed by atoms with Crippen molar-refractivity contribution in [3.05, 3.63) is 152 Å². The van der Waals surface area contributed by atoms with E-state index in [1.54, 1.807) is 86.2 Å². The molecule has 0 unspecified atom stereocenters. The van der Waals surface area contributed by atoms with Gasteiger partial charge in [0.05, 0.1) is 5.69 Å². The van der Waals surface area contributed by atoms with Gasteiger partial charge in [-0.05, 0) is 85.3 Å². The van der Waals surface area contributed by atoms with Gasteiger partial charge in [-0.1, -0.05) is 6.07 Å². The first kappa shape index (κ1) is 38.9. The highest BCUT2D eigenvalue weighted by atomic mass is 15.1. The van der Waals surface area contributed by atoms with Crippen LogP contribution in [0.15, 0.2) is 141 Å². The number of nitrogens with two attached hydrogens (primary N) is 4. The van der Waals surface area contributed by atoms with E-state index in [1.165, 1.54) is 5.69 Å².